The fraction of sp³-hybridized carbons (Fsp3) is 0.481. The predicted octanol–water partition coefficient (Wildman–Crippen LogP) is 5.02. The number of likely N-dealkylation sites (tertiary alicyclic amines) is 1. The third-order valence-electron chi connectivity index (χ3n) is 5.55. The summed E-state index contributed by atoms with van der Waals surface area (Å²) in [5, 5.41) is 6.69. The van der Waals surface area contributed by atoms with Gasteiger partial charge in [-0.25, -0.2) is 4.98 Å². The zero-order chi connectivity index (χ0) is 25.8. The molecular formula is C27H39N5O3. The summed E-state index contributed by atoms with van der Waals surface area (Å²) in [6, 6.07) is 9.07. The molecule has 1 fully saturated rings. The number of imidazole rings is 1. The van der Waals surface area contributed by atoms with Crippen LogP contribution in [0.25, 0.3) is 5.69 Å². The van der Waals surface area contributed by atoms with Gasteiger partial charge in [-0.05, 0) is 44.4 Å². The van der Waals surface area contributed by atoms with Gasteiger partial charge in [0.15, 0.2) is 0 Å². The summed E-state index contributed by atoms with van der Waals surface area (Å²) in [6.07, 6.45) is 8.04. The number of amides is 2. The molecule has 2 aromatic heterocycles. The van der Waals surface area contributed by atoms with Crippen molar-refractivity contribution in [3.63, 3.8) is 0 Å². The summed E-state index contributed by atoms with van der Waals surface area (Å²) in [4.78, 5) is 31.4. The van der Waals surface area contributed by atoms with Crippen molar-refractivity contribution in [1.29, 1.82) is 0 Å². The SMILES string of the molecule is CC.CCC.Cc1nccn1-c1ccc(C(C)NC(=O)C2CCCN2C(=O)Cc2ccno2)cc1. The van der Waals surface area contributed by atoms with E-state index in [9.17, 15) is 9.59 Å². The number of nitrogens with zero attached hydrogens (tertiary/aromatic N) is 4. The summed E-state index contributed by atoms with van der Waals surface area (Å²) in [6.45, 7) is 12.7. The molecule has 1 saturated heterocycles. The minimum atomic E-state index is -0.448. The van der Waals surface area contributed by atoms with Crippen LogP contribution in [0.5, 0.6) is 0 Å². The van der Waals surface area contributed by atoms with Gasteiger partial charge in [-0.1, -0.05) is 51.4 Å². The second-order valence-corrected chi connectivity index (χ2v) is 8.27. The van der Waals surface area contributed by atoms with Crippen LogP contribution in [0.15, 0.2) is 53.4 Å². The highest BCUT2D eigenvalue weighted by molar-refractivity contribution is 5.89. The van der Waals surface area contributed by atoms with Crippen LogP contribution < -0.4 is 5.32 Å². The minimum absolute atomic E-state index is 0.114. The second-order valence-electron chi connectivity index (χ2n) is 8.27. The van der Waals surface area contributed by atoms with Gasteiger partial charge in [0.25, 0.3) is 0 Å². The number of carbonyl (C=O) groups excluding carboxylic acids is 2. The Kier molecular flexibility index (Phi) is 11.2. The fourth-order valence-corrected chi connectivity index (χ4v) is 3.89. The summed E-state index contributed by atoms with van der Waals surface area (Å²) in [5.74, 6) is 1.19. The Balaban J connectivity index is 0.000000803. The second kappa shape index (κ2) is 14.1. The predicted molar refractivity (Wildman–Crippen MR) is 137 cm³/mol. The van der Waals surface area contributed by atoms with E-state index in [0.29, 0.717) is 18.7 Å². The van der Waals surface area contributed by atoms with Crippen molar-refractivity contribution in [3.8, 4) is 5.69 Å². The number of rotatable bonds is 6. The first kappa shape index (κ1) is 27.8. The smallest absolute Gasteiger partial charge is 0.243 e. The molecule has 1 aliphatic heterocycles. The first-order chi connectivity index (χ1) is 16.9. The van der Waals surface area contributed by atoms with E-state index in [-0.39, 0.29) is 24.3 Å². The number of hydrogen-bond donors (Lipinski definition) is 1. The largest absolute Gasteiger partial charge is 0.361 e. The molecule has 35 heavy (non-hydrogen) atoms. The van der Waals surface area contributed by atoms with Crippen LogP contribution in [0.3, 0.4) is 0 Å². The van der Waals surface area contributed by atoms with Crippen molar-refractivity contribution in [2.24, 2.45) is 0 Å². The molecule has 0 radical (unpaired) electrons. The molecule has 8 heteroatoms. The lowest BCUT2D eigenvalue weighted by Gasteiger charge is -2.25. The van der Waals surface area contributed by atoms with Gasteiger partial charge >= 0.3 is 0 Å². The van der Waals surface area contributed by atoms with Crippen molar-refractivity contribution >= 4 is 11.8 Å². The van der Waals surface area contributed by atoms with Crippen molar-refractivity contribution in [2.75, 3.05) is 6.54 Å². The average molecular weight is 482 g/mol. The van der Waals surface area contributed by atoms with Gasteiger partial charge in [0.2, 0.25) is 11.8 Å². The lowest BCUT2D eigenvalue weighted by molar-refractivity contribution is -0.138. The monoisotopic (exact) mass is 481 g/mol. The highest BCUT2D eigenvalue weighted by Crippen LogP contribution is 2.21. The van der Waals surface area contributed by atoms with E-state index < -0.39 is 6.04 Å². The Morgan fingerprint density at radius 1 is 1.14 bits per heavy atom. The molecule has 0 bridgehead atoms. The maximum absolute atomic E-state index is 12.9. The summed E-state index contributed by atoms with van der Waals surface area (Å²) >= 11 is 0. The number of hydrogen-bond acceptors (Lipinski definition) is 5. The standard InChI is InChI=1S/C22H25N5O3.C3H8.C2H6/c1-15(17-5-7-18(8-6-17)26-13-11-23-16(26)2)25-22(29)20-4-3-12-27(20)21(28)14-19-9-10-24-30-19;1-3-2;1-2/h5-11,13,15,20H,3-4,12,14H2,1-2H3,(H,25,29);3H2,1-2H3;1-2H3. The molecule has 0 saturated carbocycles. The minimum Gasteiger partial charge on any atom is -0.361 e. The molecular weight excluding hydrogens is 442 g/mol. The van der Waals surface area contributed by atoms with Gasteiger partial charge in [0, 0.05) is 30.7 Å². The molecule has 1 aliphatic rings. The zero-order valence-corrected chi connectivity index (χ0v) is 21.8. The number of nitrogens with one attached hydrogen (secondary N) is 1. The molecule has 0 spiro atoms. The van der Waals surface area contributed by atoms with Crippen LogP contribution in [0.4, 0.5) is 0 Å². The Hall–Kier alpha value is -3.42. The Bertz CT molecular complexity index is 1030. The molecule has 2 amide bonds. The molecule has 2 unspecified atom stereocenters. The molecule has 0 aliphatic carbocycles. The Labute approximate surface area is 208 Å². The van der Waals surface area contributed by atoms with Gasteiger partial charge in [-0.3, -0.25) is 9.59 Å². The molecule has 4 rings (SSSR count). The van der Waals surface area contributed by atoms with Crippen LogP contribution in [-0.4, -0.2) is 44.0 Å². The molecule has 8 nitrogen and oxygen atoms in total. The zero-order valence-electron chi connectivity index (χ0n) is 21.8. The number of aryl methyl sites for hydroxylation is 1. The average Bonchev–Trinajstić information content (AvgIpc) is 3.63. The van der Waals surface area contributed by atoms with E-state index in [0.717, 1.165) is 23.5 Å². The summed E-state index contributed by atoms with van der Waals surface area (Å²) < 4.78 is 7.03. The molecule has 190 valence electrons. The number of benzene rings is 1. The molecule has 3 heterocycles. The lowest BCUT2D eigenvalue weighted by atomic mass is 10.1. The first-order valence-corrected chi connectivity index (χ1v) is 12.5. The number of carbonyl (C=O) groups is 2. The highest BCUT2D eigenvalue weighted by Gasteiger charge is 2.34. The van der Waals surface area contributed by atoms with Crippen LogP contribution in [0.2, 0.25) is 0 Å². The van der Waals surface area contributed by atoms with Crippen LogP contribution >= 0.6 is 0 Å². The summed E-state index contributed by atoms with van der Waals surface area (Å²) in [5.41, 5.74) is 2.02. The topological polar surface area (TPSA) is 93.3 Å². The molecule has 3 aromatic rings. The molecule has 1 N–H and O–H groups in total. The molecule has 2 atom stereocenters. The van der Waals surface area contributed by atoms with E-state index in [1.54, 1.807) is 17.2 Å². The normalized spacial score (nSPS) is 15.4. The Morgan fingerprint density at radius 2 is 1.83 bits per heavy atom. The van der Waals surface area contributed by atoms with E-state index in [4.69, 9.17) is 4.52 Å². The molecule has 1 aromatic carbocycles. The van der Waals surface area contributed by atoms with E-state index in [1.807, 2.05) is 62.7 Å². The van der Waals surface area contributed by atoms with Gasteiger partial charge < -0.3 is 19.3 Å². The van der Waals surface area contributed by atoms with Crippen molar-refractivity contribution in [3.05, 3.63) is 66.1 Å². The van der Waals surface area contributed by atoms with E-state index in [2.05, 4.69) is 29.3 Å². The lowest BCUT2D eigenvalue weighted by Crippen LogP contribution is -2.47. The Morgan fingerprint density at radius 3 is 2.40 bits per heavy atom. The van der Waals surface area contributed by atoms with Gasteiger partial charge in [-0.2, -0.15) is 0 Å². The summed E-state index contributed by atoms with van der Waals surface area (Å²) in [7, 11) is 0. The van der Waals surface area contributed by atoms with Gasteiger partial charge in [-0.15, -0.1) is 0 Å². The quantitative estimate of drug-likeness (QED) is 0.533. The van der Waals surface area contributed by atoms with Crippen LogP contribution in [-0.2, 0) is 16.0 Å². The fourth-order valence-electron chi connectivity index (χ4n) is 3.89. The van der Waals surface area contributed by atoms with Crippen LogP contribution in [0, 0.1) is 6.92 Å². The number of aromatic nitrogens is 3. The third kappa shape index (κ3) is 7.53. The van der Waals surface area contributed by atoms with Crippen molar-refractivity contribution in [1.82, 2.24) is 24.9 Å². The van der Waals surface area contributed by atoms with Crippen molar-refractivity contribution in [2.45, 2.75) is 79.3 Å². The van der Waals surface area contributed by atoms with Crippen LogP contribution in [0.1, 0.15) is 77.1 Å². The van der Waals surface area contributed by atoms with E-state index in [1.165, 1.54) is 12.6 Å². The maximum Gasteiger partial charge on any atom is 0.243 e. The first-order valence-electron chi connectivity index (χ1n) is 12.5. The highest BCUT2D eigenvalue weighted by atomic mass is 16.5. The third-order valence-corrected chi connectivity index (χ3v) is 5.55. The van der Waals surface area contributed by atoms with E-state index >= 15 is 0 Å². The van der Waals surface area contributed by atoms with Gasteiger partial charge in [0.1, 0.15) is 17.6 Å². The van der Waals surface area contributed by atoms with Crippen molar-refractivity contribution < 1.29 is 14.1 Å². The maximum atomic E-state index is 12.9. The van der Waals surface area contributed by atoms with Gasteiger partial charge in [0.05, 0.1) is 18.7 Å².